The molecular weight excluding hydrogens is 234 g/mol. The number of halogens is 1. The number of hydrogen-bond acceptors (Lipinski definition) is 3. The SMILES string of the molecule is O=C(O)CC#Cc1cc(C(=O)O)cnc1Cl. The molecule has 0 saturated carbocycles. The topological polar surface area (TPSA) is 87.5 Å². The van der Waals surface area contributed by atoms with Crippen LogP contribution in [0.2, 0.25) is 5.15 Å². The van der Waals surface area contributed by atoms with Gasteiger partial charge in [0.1, 0.15) is 11.6 Å². The van der Waals surface area contributed by atoms with Crippen LogP contribution in [0.5, 0.6) is 0 Å². The molecule has 6 heteroatoms. The van der Waals surface area contributed by atoms with Crippen molar-refractivity contribution in [3.8, 4) is 11.8 Å². The summed E-state index contributed by atoms with van der Waals surface area (Å²) in [6.07, 6.45) is 0.765. The molecule has 1 aromatic heterocycles. The second-order valence-corrected chi connectivity index (χ2v) is 3.10. The van der Waals surface area contributed by atoms with Crippen LogP contribution in [0.3, 0.4) is 0 Å². The second-order valence-electron chi connectivity index (χ2n) is 2.74. The lowest BCUT2D eigenvalue weighted by Crippen LogP contribution is -1.98. The average Bonchev–Trinajstić information content (AvgIpc) is 2.20. The monoisotopic (exact) mass is 239 g/mol. The molecule has 0 bridgehead atoms. The Kier molecular flexibility index (Phi) is 3.86. The Bertz CT molecular complexity index is 501. The van der Waals surface area contributed by atoms with Crippen molar-refractivity contribution >= 4 is 23.5 Å². The van der Waals surface area contributed by atoms with E-state index in [1.165, 1.54) is 6.07 Å². The minimum Gasteiger partial charge on any atom is -0.481 e. The number of aliphatic carboxylic acids is 1. The fourth-order valence-electron chi connectivity index (χ4n) is 0.868. The number of rotatable bonds is 2. The van der Waals surface area contributed by atoms with Crippen molar-refractivity contribution in [3.63, 3.8) is 0 Å². The molecule has 16 heavy (non-hydrogen) atoms. The number of aromatic nitrogens is 1. The van der Waals surface area contributed by atoms with Crippen molar-refractivity contribution in [2.24, 2.45) is 0 Å². The Morgan fingerprint density at radius 2 is 2.12 bits per heavy atom. The van der Waals surface area contributed by atoms with Gasteiger partial charge in [-0.3, -0.25) is 4.79 Å². The lowest BCUT2D eigenvalue weighted by molar-refractivity contribution is -0.135. The van der Waals surface area contributed by atoms with Crippen LogP contribution in [0.15, 0.2) is 12.3 Å². The Labute approximate surface area is 95.7 Å². The lowest BCUT2D eigenvalue weighted by atomic mass is 10.2. The first-order valence-corrected chi connectivity index (χ1v) is 4.48. The van der Waals surface area contributed by atoms with Gasteiger partial charge in [0.25, 0.3) is 0 Å². The van der Waals surface area contributed by atoms with Crippen LogP contribution in [0.4, 0.5) is 0 Å². The quantitative estimate of drug-likeness (QED) is 0.599. The molecule has 0 atom stereocenters. The molecule has 0 amide bonds. The molecule has 0 aliphatic rings. The number of hydrogen-bond donors (Lipinski definition) is 2. The van der Waals surface area contributed by atoms with E-state index in [-0.39, 0.29) is 22.7 Å². The van der Waals surface area contributed by atoms with Crippen LogP contribution in [0.25, 0.3) is 0 Å². The van der Waals surface area contributed by atoms with E-state index in [1.54, 1.807) is 0 Å². The van der Waals surface area contributed by atoms with Gasteiger partial charge in [0.2, 0.25) is 0 Å². The molecule has 0 spiro atoms. The summed E-state index contributed by atoms with van der Waals surface area (Å²) >= 11 is 5.66. The maximum Gasteiger partial charge on any atom is 0.337 e. The highest BCUT2D eigenvalue weighted by atomic mass is 35.5. The number of aromatic carboxylic acids is 1. The van der Waals surface area contributed by atoms with Gasteiger partial charge in [0.05, 0.1) is 11.1 Å². The van der Waals surface area contributed by atoms with E-state index in [0.717, 1.165) is 6.20 Å². The van der Waals surface area contributed by atoms with Gasteiger partial charge >= 0.3 is 11.9 Å². The maximum absolute atomic E-state index is 10.6. The Hall–Kier alpha value is -2.06. The summed E-state index contributed by atoms with van der Waals surface area (Å²) in [7, 11) is 0. The normalized spacial score (nSPS) is 9.06. The number of carboxylic acid groups (broad SMARTS) is 2. The third-order valence-electron chi connectivity index (χ3n) is 1.55. The highest BCUT2D eigenvalue weighted by molar-refractivity contribution is 6.30. The standard InChI is InChI=1S/C10H6ClNO4/c11-9-6(2-1-3-8(13)14)4-7(5-12-9)10(15)16/h4-5H,3H2,(H,13,14)(H,15,16). The van der Waals surface area contributed by atoms with Crippen LogP contribution in [-0.4, -0.2) is 27.1 Å². The highest BCUT2D eigenvalue weighted by Crippen LogP contribution is 2.13. The molecule has 0 radical (unpaired) electrons. The van der Waals surface area contributed by atoms with E-state index in [9.17, 15) is 9.59 Å². The molecule has 2 N–H and O–H groups in total. The van der Waals surface area contributed by atoms with Gasteiger partial charge in [-0.1, -0.05) is 23.4 Å². The minimum absolute atomic E-state index is 0.0443. The zero-order valence-corrected chi connectivity index (χ0v) is 8.65. The maximum atomic E-state index is 10.6. The fraction of sp³-hybridized carbons (Fsp3) is 0.100. The highest BCUT2D eigenvalue weighted by Gasteiger charge is 2.06. The average molecular weight is 240 g/mol. The largest absolute Gasteiger partial charge is 0.481 e. The van der Waals surface area contributed by atoms with Gasteiger partial charge < -0.3 is 10.2 Å². The smallest absolute Gasteiger partial charge is 0.337 e. The molecule has 0 fully saturated rings. The molecule has 0 unspecified atom stereocenters. The zero-order chi connectivity index (χ0) is 12.1. The van der Waals surface area contributed by atoms with E-state index in [0.29, 0.717) is 0 Å². The van der Waals surface area contributed by atoms with Gasteiger partial charge in [-0.25, -0.2) is 9.78 Å². The van der Waals surface area contributed by atoms with Crippen molar-refractivity contribution in [2.45, 2.75) is 6.42 Å². The van der Waals surface area contributed by atoms with Crippen molar-refractivity contribution in [1.29, 1.82) is 0 Å². The fourth-order valence-corrected chi connectivity index (χ4v) is 1.02. The summed E-state index contributed by atoms with van der Waals surface area (Å²) < 4.78 is 0. The van der Waals surface area contributed by atoms with Crippen LogP contribution in [0.1, 0.15) is 22.3 Å². The lowest BCUT2D eigenvalue weighted by Gasteiger charge is -1.97. The third-order valence-corrected chi connectivity index (χ3v) is 1.85. The summed E-state index contributed by atoms with van der Waals surface area (Å²) in [6.45, 7) is 0. The molecule has 0 saturated heterocycles. The van der Waals surface area contributed by atoms with Crippen molar-refractivity contribution in [2.75, 3.05) is 0 Å². The van der Waals surface area contributed by atoms with Crippen LogP contribution < -0.4 is 0 Å². The Morgan fingerprint density at radius 1 is 1.44 bits per heavy atom. The van der Waals surface area contributed by atoms with Crippen LogP contribution >= 0.6 is 11.6 Å². The molecule has 0 aliphatic heterocycles. The van der Waals surface area contributed by atoms with Crippen molar-refractivity contribution in [3.05, 3.63) is 28.5 Å². The van der Waals surface area contributed by atoms with Gasteiger partial charge in [0.15, 0.2) is 0 Å². The van der Waals surface area contributed by atoms with E-state index in [2.05, 4.69) is 16.8 Å². The van der Waals surface area contributed by atoms with E-state index >= 15 is 0 Å². The van der Waals surface area contributed by atoms with E-state index in [1.807, 2.05) is 0 Å². The van der Waals surface area contributed by atoms with Gasteiger partial charge in [-0.05, 0) is 6.07 Å². The number of carbonyl (C=O) groups is 2. The number of pyridine rings is 1. The Balaban J connectivity index is 3.01. The molecule has 82 valence electrons. The summed E-state index contributed by atoms with van der Waals surface area (Å²) in [5.74, 6) is 2.58. The first kappa shape index (κ1) is 12.0. The Morgan fingerprint density at radius 3 is 2.69 bits per heavy atom. The zero-order valence-electron chi connectivity index (χ0n) is 7.90. The van der Waals surface area contributed by atoms with Gasteiger partial charge in [0, 0.05) is 6.20 Å². The van der Waals surface area contributed by atoms with Crippen molar-refractivity contribution in [1.82, 2.24) is 4.98 Å². The molecule has 1 rings (SSSR count). The third kappa shape index (κ3) is 3.26. The number of carboxylic acids is 2. The van der Waals surface area contributed by atoms with E-state index in [4.69, 9.17) is 21.8 Å². The minimum atomic E-state index is -1.15. The molecule has 1 aromatic rings. The predicted octanol–water partition coefficient (Wildman–Crippen LogP) is 1.26. The molecular formula is C10H6ClNO4. The molecule has 5 nitrogen and oxygen atoms in total. The van der Waals surface area contributed by atoms with E-state index < -0.39 is 11.9 Å². The summed E-state index contributed by atoms with van der Waals surface area (Å²) in [5, 5.41) is 17.1. The first-order valence-electron chi connectivity index (χ1n) is 4.10. The predicted molar refractivity (Wildman–Crippen MR) is 55.3 cm³/mol. The second kappa shape index (κ2) is 5.14. The molecule has 0 aliphatic carbocycles. The molecule has 1 heterocycles. The summed E-state index contributed by atoms with van der Waals surface area (Å²) in [5.41, 5.74) is 0.145. The van der Waals surface area contributed by atoms with Gasteiger partial charge in [-0.2, -0.15) is 0 Å². The summed E-state index contributed by atoms with van der Waals surface area (Å²) in [4.78, 5) is 24.5. The van der Waals surface area contributed by atoms with Crippen LogP contribution in [-0.2, 0) is 4.79 Å². The van der Waals surface area contributed by atoms with Crippen LogP contribution in [0, 0.1) is 11.8 Å². The number of nitrogens with zero attached hydrogens (tertiary/aromatic N) is 1. The first-order chi connectivity index (χ1) is 7.50. The van der Waals surface area contributed by atoms with Gasteiger partial charge in [-0.15, -0.1) is 0 Å². The summed E-state index contributed by atoms with van der Waals surface area (Å²) in [6, 6.07) is 1.24. The van der Waals surface area contributed by atoms with Crippen molar-refractivity contribution < 1.29 is 19.8 Å². The molecule has 0 aromatic carbocycles.